The van der Waals surface area contributed by atoms with Crippen LogP contribution in [-0.4, -0.2) is 26.7 Å². The standard InChI is InChI=1S/C11H18N2O/c1-3-12-8-9-13-10-6-4-5-7-11(10)14-2/h4-7,12-13H,3,8-9H2,1-2H3. The number of nitrogens with one attached hydrogen (secondary N) is 2. The highest BCUT2D eigenvalue weighted by Crippen LogP contribution is 2.22. The molecule has 0 saturated heterocycles. The molecule has 1 rings (SSSR count). The van der Waals surface area contributed by atoms with Gasteiger partial charge in [0.2, 0.25) is 0 Å². The first kappa shape index (κ1) is 10.9. The Labute approximate surface area is 85.5 Å². The monoisotopic (exact) mass is 194 g/mol. The zero-order chi connectivity index (χ0) is 10.2. The first-order valence-electron chi connectivity index (χ1n) is 4.96. The topological polar surface area (TPSA) is 33.3 Å². The lowest BCUT2D eigenvalue weighted by Gasteiger charge is -2.10. The lowest BCUT2D eigenvalue weighted by Crippen LogP contribution is -2.21. The van der Waals surface area contributed by atoms with Gasteiger partial charge in [0.25, 0.3) is 0 Å². The van der Waals surface area contributed by atoms with Gasteiger partial charge in [-0.15, -0.1) is 0 Å². The summed E-state index contributed by atoms with van der Waals surface area (Å²) in [5.74, 6) is 0.893. The predicted molar refractivity (Wildman–Crippen MR) is 60.0 cm³/mol. The van der Waals surface area contributed by atoms with E-state index in [0.29, 0.717) is 0 Å². The number of likely N-dealkylation sites (N-methyl/N-ethyl adjacent to an activating group) is 1. The molecule has 0 atom stereocenters. The van der Waals surface area contributed by atoms with Crippen LogP contribution in [0.2, 0.25) is 0 Å². The fourth-order valence-electron chi connectivity index (χ4n) is 1.25. The fourth-order valence-corrected chi connectivity index (χ4v) is 1.25. The van der Waals surface area contributed by atoms with E-state index in [0.717, 1.165) is 31.1 Å². The van der Waals surface area contributed by atoms with Crippen LogP contribution in [0.15, 0.2) is 24.3 Å². The van der Waals surface area contributed by atoms with Crippen molar-refractivity contribution in [3.8, 4) is 5.75 Å². The zero-order valence-corrected chi connectivity index (χ0v) is 8.84. The second-order valence-electron chi connectivity index (χ2n) is 2.98. The fraction of sp³-hybridized carbons (Fsp3) is 0.455. The van der Waals surface area contributed by atoms with Crippen molar-refractivity contribution in [2.75, 3.05) is 32.1 Å². The smallest absolute Gasteiger partial charge is 0.141 e. The Balaban J connectivity index is 2.41. The molecule has 0 aliphatic carbocycles. The molecule has 2 N–H and O–H groups in total. The number of anilines is 1. The summed E-state index contributed by atoms with van der Waals surface area (Å²) in [6.45, 7) is 4.99. The first-order valence-corrected chi connectivity index (χ1v) is 4.96. The molecule has 0 saturated carbocycles. The van der Waals surface area contributed by atoms with Gasteiger partial charge in [-0.05, 0) is 18.7 Å². The average Bonchev–Trinajstić information content (AvgIpc) is 2.25. The van der Waals surface area contributed by atoms with Gasteiger partial charge in [0.15, 0.2) is 0 Å². The number of hydrogen-bond acceptors (Lipinski definition) is 3. The molecule has 0 unspecified atom stereocenters. The van der Waals surface area contributed by atoms with E-state index >= 15 is 0 Å². The number of methoxy groups -OCH3 is 1. The molecule has 0 heterocycles. The molecule has 0 spiro atoms. The molecule has 0 aliphatic heterocycles. The van der Waals surface area contributed by atoms with Crippen molar-refractivity contribution in [2.45, 2.75) is 6.92 Å². The largest absolute Gasteiger partial charge is 0.495 e. The maximum atomic E-state index is 5.22. The third-order valence-electron chi connectivity index (χ3n) is 1.97. The number of hydrogen-bond donors (Lipinski definition) is 2. The lowest BCUT2D eigenvalue weighted by atomic mass is 10.3. The first-order chi connectivity index (χ1) is 6.88. The number of ether oxygens (including phenoxy) is 1. The Bertz CT molecular complexity index is 263. The number of benzene rings is 1. The number of rotatable bonds is 6. The van der Waals surface area contributed by atoms with Crippen molar-refractivity contribution in [2.24, 2.45) is 0 Å². The summed E-state index contributed by atoms with van der Waals surface area (Å²) >= 11 is 0. The molecule has 3 heteroatoms. The van der Waals surface area contributed by atoms with E-state index in [-0.39, 0.29) is 0 Å². The van der Waals surface area contributed by atoms with Crippen LogP contribution in [0.5, 0.6) is 5.75 Å². The van der Waals surface area contributed by atoms with E-state index in [1.54, 1.807) is 7.11 Å². The molecule has 14 heavy (non-hydrogen) atoms. The molecule has 78 valence electrons. The van der Waals surface area contributed by atoms with Crippen LogP contribution in [0.1, 0.15) is 6.92 Å². The van der Waals surface area contributed by atoms with Crippen LogP contribution < -0.4 is 15.4 Å². The highest BCUT2D eigenvalue weighted by Gasteiger charge is 1.98. The molecule has 0 bridgehead atoms. The Morgan fingerprint density at radius 3 is 2.71 bits per heavy atom. The Hall–Kier alpha value is -1.22. The van der Waals surface area contributed by atoms with Crippen LogP contribution in [0.25, 0.3) is 0 Å². The molecule has 0 aromatic heterocycles. The van der Waals surface area contributed by atoms with Gasteiger partial charge in [-0.3, -0.25) is 0 Å². The predicted octanol–water partition coefficient (Wildman–Crippen LogP) is 1.72. The van der Waals surface area contributed by atoms with Crippen molar-refractivity contribution in [3.63, 3.8) is 0 Å². The summed E-state index contributed by atoms with van der Waals surface area (Å²) in [4.78, 5) is 0. The maximum Gasteiger partial charge on any atom is 0.141 e. The second-order valence-corrected chi connectivity index (χ2v) is 2.98. The summed E-state index contributed by atoms with van der Waals surface area (Å²) in [6.07, 6.45) is 0. The van der Waals surface area contributed by atoms with Crippen molar-refractivity contribution < 1.29 is 4.74 Å². The molecule has 0 radical (unpaired) electrons. The van der Waals surface area contributed by atoms with E-state index in [1.165, 1.54) is 0 Å². The van der Waals surface area contributed by atoms with E-state index in [9.17, 15) is 0 Å². The van der Waals surface area contributed by atoms with E-state index < -0.39 is 0 Å². The van der Waals surface area contributed by atoms with Gasteiger partial charge in [-0.25, -0.2) is 0 Å². The van der Waals surface area contributed by atoms with Gasteiger partial charge in [0, 0.05) is 13.1 Å². The minimum Gasteiger partial charge on any atom is -0.495 e. The van der Waals surface area contributed by atoms with Crippen molar-refractivity contribution in [1.29, 1.82) is 0 Å². The quantitative estimate of drug-likeness (QED) is 0.676. The van der Waals surface area contributed by atoms with E-state index in [4.69, 9.17) is 4.74 Å². The van der Waals surface area contributed by atoms with Gasteiger partial charge in [-0.1, -0.05) is 19.1 Å². The third-order valence-corrected chi connectivity index (χ3v) is 1.97. The summed E-state index contributed by atoms with van der Waals surface area (Å²) in [5.41, 5.74) is 1.05. The maximum absolute atomic E-state index is 5.22. The van der Waals surface area contributed by atoms with Gasteiger partial charge in [0.1, 0.15) is 5.75 Å². The molecular formula is C11H18N2O. The molecule has 0 fully saturated rings. The Morgan fingerprint density at radius 1 is 1.21 bits per heavy atom. The lowest BCUT2D eigenvalue weighted by molar-refractivity contribution is 0.416. The normalized spacial score (nSPS) is 9.86. The van der Waals surface area contributed by atoms with Gasteiger partial charge in [-0.2, -0.15) is 0 Å². The molecular weight excluding hydrogens is 176 g/mol. The van der Waals surface area contributed by atoms with Crippen LogP contribution in [0.3, 0.4) is 0 Å². The van der Waals surface area contributed by atoms with Crippen molar-refractivity contribution in [1.82, 2.24) is 5.32 Å². The van der Waals surface area contributed by atoms with Crippen LogP contribution in [0.4, 0.5) is 5.69 Å². The highest BCUT2D eigenvalue weighted by atomic mass is 16.5. The van der Waals surface area contributed by atoms with E-state index in [2.05, 4.69) is 17.6 Å². The minimum absolute atomic E-state index is 0.893. The van der Waals surface area contributed by atoms with Gasteiger partial charge < -0.3 is 15.4 Å². The summed E-state index contributed by atoms with van der Waals surface area (Å²) in [7, 11) is 1.69. The average molecular weight is 194 g/mol. The van der Waals surface area contributed by atoms with Crippen LogP contribution in [0, 0.1) is 0 Å². The highest BCUT2D eigenvalue weighted by molar-refractivity contribution is 5.55. The minimum atomic E-state index is 0.893. The van der Waals surface area contributed by atoms with Crippen molar-refractivity contribution >= 4 is 5.69 Å². The summed E-state index contributed by atoms with van der Waals surface area (Å²) in [6, 6.07) is 7.94. The Morgan fingerprint density at radius 2 is 2.00 bits per heavy atom. The zero-order valence-electron chi connectivity index (χ0n) is 8.84. The Kier molecular flexibility index (Phi) is 4.86. The summed E-state index contributed by atoms with van der Waals surface area (Å²) < 4.78 is 5.22. The van der Waals surface area contributed by atoms with Crippen LogP contribution >= 0.6 is 0 Å². The number of para-hydroxylation sites is 2. The van der Waals surface area contributed by atoms with Crippen molar-refractivity contribution in [3.05, 3.63) is 24.3 Å². The SMILES string of the molecule is CCNCCNc1ccccc1OC. The molecule has 3 nitrogen and oxygen atoms in total. The van der Waals surface area contributed by atoms with E-state index in [1.807, 2.05) is 24.3 Å². The molecule has 0 amide bonds. The van der Waals surface area contributed by atoms with Gasteiger partial charge in [0.05, 0.1) is 12.8 Å². The molecule has 0 aliphatic rings. The van der Waals surface area contributed by atoms with Crippen LogP contribution in [-0.2, 0) is 0 Å². The third kappa shape index (κ3) is 3.26. The molecule has 1 aromatic carbocycles. The summed E-state index contributed by atoms with van der Waals surface area (Å²) in [5, 5.41) is 6.56. The molecule has 1 aromatic rings. The second kappa shape index (κ2) is 6.27. The van der Waals surface area contributed by atoms with Gasteiger partial charge >= 0.3 is 0 Å².